The molecule has 1 unspecified atom stereocenters. The zero-order valence-electron chi connectivity index (χ0n) is 18.1. The lowest BCUT2D eigenvalue weighted by molar-refractivity contribution is 0.0950. The van der Waals surface area contributed by atoms with Crippen LogP contribution in [0.3, 0.4) is 0 Å². The fourth-order valence-electron chi connectivity index (χ4n) is 3.98. The summed E-state index contributed by atoms with van der Waals surface area (Å²) in [6.07, 6.45) is 0. The maximum Gasteiger partial charge on any atom is 0.253 e. The third-order valence-electron chi connectivity index (χ3n) is 5.44. The standard InChI is InChI=1S/C25H31N3O/c1-18-15-24(20(3)28(18)19(2)21-11-7-6-8-12-21)25(29)26-16-22-13-9-10-14-23(22)17-27(4)5/h6-15,19H,16-17H2,1-5H3,(H,26,29). The molecule has 152 valence electrons. The number of nitrogens with one attached hydrogen (secondary N) is 1. The smallest absolute Gasteiger partial charge is 0.253 e. The topological polar surface area (TPSA) is 37.3 Å². The molecule has 3 aromatic rings. The molecule has 29 heavy (non-hydrogen) atoms. The van der Waals surface area contributed by atoms with Crippen LogP contribution in [0.2, 0.25) is 0 Å². The van der Waals surface area contributed by atoms with Crippen LogP contribution in [0, 0.1) is 13.8 Å². The predicted molar refractivity (Wildman–Crippen MR) is 119 cm³/mol. The van der Waals surface area contributed by atoms with E-state index < -0.39 is 0 Å². The number of amides is 1. The molecule has 0 fully saturated rings. The lowest BCUT2D eigenvalue weighted by atomic mass is 10.1. The Bertz CT molecular complexity index is 973. The summed E-state index contributed by atoms with van der Waals surface area (Å²) in [5.41, 5.74) is 6.46. The number of aromatic nitrogens is 1. The second-order valence-electron chi connectivity index (χ2n) is 7.93. The minimum Gasteiger partial charge on any atom is -0.348 e. The maximum absolute atomic E-state index is 13.0. The van der Waals surface area contributed by atoms with Crippen LogP contribution < -0.4 is 5.32 Å². The molecule has 4 nitrogen and oxygen atoms in total. The van der Waals surface area contributed by atoms with Crippen molar-refractivity contribution in [2.45, 2.75) is 39.9 Å². The minimum absolute atomic E-state index is 0.0238. The van der Waals surface area contributed by atoms with Gasteiger partial charge in [-0.2, -0.15) is 0 Å². The maximum atomic E-state index is 13.0. The van der Waals surface area contributed by atoms with Gasteiger partial charge < -0.3 is 14.8 Å². The monoisotopic (exact) mass is 389 g/mol. The highest BCUT2D eigenvalue weighted by Gasteiger charge is 2.19. The quantitative estimate of drug-likeness (QED) is 0.636. The molecule has 1 amide bonds. The molecule has 0 saturated carbocycles. The Hall–Kier alpha value is -2.85. The van der Waals surface area contributed by atoms with Gasteiger partial charge in [0.25, 0.3) is 5.91 Å². The van der Waals surface area contributed by atoms with Gasteiger partial charge in [0.1, 0.15) is 0 Å². The highest BCUT2D eigenvalue weighted by atomic mass is 16.1. The van der Waals surface area contributed by atoms with Crippen molar-refractivity contribution >= 4 is 5.91 Å². The molecule has 0 bridgehead atoms. The molecule has 0 spiro atoms. The number of aryl methyl sites for hydroxylation is 1. The first-order valence-electron chi connectivity index (χ1n) is 10.1. The molecule has 0 radical (unpaired) electrons. The summed E-state index contributed by atoms with van der Waals surface area (Å²) < 4.78 is 2.24. The van der Waals surface area contributed by atoms with Gasteiger partial charge in [0.15, 0.2) is 0 Å². The van der Waals surface area contributed by atoms with Crippen LogP contribution in [0.25, 0.3) is 0 Å². The summed E-state index contributed by atoms with van der Waals surface area (Å²) >= 11 is 0. The molecular weight excluding hydrogens is 358 g/mol. The average molecular weight is 390 g/mol. The molecule has 1 heterocycles. The van der Waals surface area contributed by atoms with Crippen molar-refractivity contribution < 1.29 is 4.79 Å². The third-order valence-corrected chi connectivity index (χ3v) is 5.44. The highest BCUT2D eigenvalue weighted by molar-refractivity contribution is 5.95. The van der Waals surface area contributed by atoms with Crippen LogP contribution in [0.4, 0.5) is 0 Å². The molecule has 1 N–H and O–H groups in total. The highest BCUT2D eigenvalue weighted by Crippen LogP contribution is 2.25. The van der Waals surface area contributed by atoms with Gasteiger partial charge in [-0.05, 0) is 57.6 Å². The number of carbonyl (C=O) groups is 1. The molecule has 0 aliphatic heterocycles. The van der Waals surface area contributed by atoms with Crippen molar-refractivity contribution in [3.63, 3.8) is 0 Å². The lowest BCUT2D eigenvalue weighted by Gasteiger charge is -2.19. The van der Waals surface area contributed by atoms with E-state index in [9.17, 15) is 4.79 Å². The van der Waals surface area contributed by atoms with Crippen LogP contribution in [0.5, 0.6) is 0 Å². The van der Waals surface area contributed by atoms with Gasteiger partial charge in [-0.1, -0.05) is 54.6 Å². The Morgan fingerprint density at radius 3 is 2.28 bits per heavy atom. The van der Waals surface area contributed by atoms with Crippen LogP contribution in [0.1, 0.15) is 51.4 Å². The van der Waals surface area contributed by atoms with Crippen molar-refractivity contribution in [2.75, 3.05) is 14.1 Å². The van der Waals surface area contributed by atoms with E-state index in [0.717, 1.165) is 29.1 Å². The third kappa shape index (κ3) is 4.77. The lowest BCUT2D eigenvalue weighted by Crippen LogP contribution is -2.24. The molecule has 4 heteroatoms. The van der Waals surface area contributed by atoms with Crippen molar-refractivity contribution in [3.8, 4) is 0 Å². The van der Waals surface area contributed by atoms with Crippen LogP contribution in [-0.2, 0) is 13.1 Å². The number of rotatable bonds is 7. The zero-order chi connectivity index (χ0) is 21.0. The van der Waals surface area contributed by atoms with E-state index >= 15 is 0 Å². The molecule has 3 rings (SSSR count). The van der Waals surface area contributed by atoms with Crippen LogP contribution >= 0.6 is 0 Å². The van der Waals surface area contributed by atoms with E-state index in [-0.39, 0.29) is 11.9 Å². The van der Waals surface area contributed by atoms with E-state index in [1.165, 1.54) is 11.1 Å². The molecule has 1 atom stereocenters. The summed E-state index contributed by atoms with van der Waals surface area (Å²) in [6, 6.07) is 20.8. The second-order valence-corrected chi connectivity index (χ2v) is 7.93. The van der Waals surface area contributed by atoms with Gasteiger partial charge in [0, 0.05) is 24.5 Å². The van der Waals surface area contributed by atoms with Crippen molar-refractivity contribution in [3.05, 3.63) is 94.3 Å². The van der Waals surface area contributed by atoms with E-state index in [1.54, 1.807) is 0 Å². The van der Waals surface area contributed by atoms with E-state index in [4.69, 9.17) is 0 Å². The minimum atomic E-state index is -0.0238. The second kappa shape index (κ2) is 9.10. The van der Waals surface area contributed by atoms with Crippen molar-refractivity contribution in [2.24, 2.45) is 0 Å². The van der Waals surface area contributed by atoms with E-state index in [1.807, 2.05) is 31.2 Å². The van der Waals surface area contributed by atoms with Gasteiger partial charge >= 0.3 is 0 Å². The van der Waals surface area contributed by atoms with Gasteiger partial charge in [-0.3, -0.25) is 4.79 Å². The first-order chi connectivity index (χ1) is 13.9. The summed E-state index contributed by atoms with van der Waals surface area (Å²) in [6.45, 7) is 7.65. The summed E-state index contributed by atoms with van der Waals surface area (Å²) in [4.78, 5) is 15.1. The van der Waals surface area contributed by atoms with Crippen molar-refractivity contribution in [1.29, 1.82) is 0 Å². The molecular formula is C25H31N3O. The average Bonchev–Trinajstić information content (AvgIpc) is 3.01. The molecule has 1 aromatic heterocycles. The molecule has 0 saturated heterocycles. The molecule has 2 aromatic carbocycles. The van der Waals surface area contributed by atoms with Crippen LogP contribution in [-0.4, -0.2) is 29.5 Å². The van der Waals surface area contributed by atoms with Crippen LogP contribution in [0.15, 0.2) is 60.7 Å². The number of nitrogens with zero attached hydrogens (tertiary/aromatic N) is 2. The van der Waals surface area contributed by atoms with Gasteiger partial charge in [-0.15, -0.1) is 0 Å². The number of benzene rings is 2. The Morgan fingerprint density at radius 2 is 1.62 bits per heavy atom. The predicted octanol–water partition coefficient (Wildman–Crippen LogP) is 4.71. The first kappa shape index (κ1) is 20.9. The fraction of sp³-hybridized carbons (Fsp3) is 0.320. The van der Waals surface area contributed by atoms with Gasteiger partial charge in [-0.25, -0.2) is 0 Å². The normalized spacial score (nSPS) is 12.2. The Morgan fingerprint density at radius 1 is 1.00 bits per heavy atom. The summed E-state index contributed by atoms with van der Waals surface area (Å²) in [7, 11) is 4.11. The molecule has 0 aliphatic carbocycles. The SMILES string of the molecule is Cc1cc(C(=O)NCc2ccccc2CN(C)C)c(C)n1C(C)c1ccccc1. The molecule has 0 aliphatic rings. The number of hydrogen-bond acceptors (Lipinski definition) is 2. The first-order valence-corrected chi connectivity index (χ1v) is 10.1. The van der Waals surface area contributed by atoms with E-state index in [0.29, 0.717) is 6.54 Å². The number of hydrogen-bond donors (Lipinski definition) is 1. The van der Waals surface area contributed by atoms with Gasteiger partial charge in [0.2, 0.25) is 0 Å². The zero-order valence-corrected chi connectivity index (χ0v) is 18.1. The Kier molecular flexibility index (Phi) is 6.55. The Labute approximate surface area is 174 Å². The van der Waals surface area contributed by atoms with Gasteiger partial charge in [0.05, 0.1) is 11.6 Å². The van der Waals surface area contributed by atoms with Crippen molar-refractivity contribution in [1.82, 2.24) is 14.8 Å². The van der Waals surface area contributed by atoms with E-state index in [2.05, 4.69) is 79.1 Å². The summed E-state index contributed by atoms with van der Waals surface area (Å²) in [5.74, 6) is -0.0238. The summed E-state index contributed by atoms with van der Waals surface area (Å²) in [5, 5.41) is 3.12. The largest absolute Gasteiger partial charge is 0.348 e. The fourth-order valence-corrected chi connectivity index (χ4v) is 3.98. The Balaban J connectivity index is 1.78. The number of carbonyl (C=O) groups excluding carboxylic acids is 1.